The van der Waals surface area contributed by atoms with E-state index in [1.807, 2.05) is 48.5 Å². The number of alkyl halides is 1. The zero-order chi connectivity index (χ0) is 34.3. The van der Waals surface area contributed by atoms with Crippen LogP contribution in [0.5, 0.6) is 0 Å². The minimum atomic E-state index is -0.231. The van der Waals surface area contributed by atoms with E-state index in [1.54, 1.807) is 24.5 Å². The maximum Gasteiger partial charge on any atom is 0.241 e. The van der Waals surface area contributed by atoms with E-state index in [0.29, 0.717) is 30.5 Å². The molecule has 6 aromatic heterocycles. The molecule has 0 atom stereocenters. The molecule has 0 fully saturated rings. The first-order valence-electron chi connectivity index (χ1n) is 14.0. The topological polar surface area (TPSA) is 170 Å². The third-order valence-corrected chi connectivity index (χ3v) is 9.86. The van der Waals surface area contributed by atoms with E-state index in [4.69, 9.17) is 47.0 Å². The monoisotopic (exact) mass is 786 g/mol. The van der Waals surface area contributed by atoms with Crippen LogP contribution in [0.3, 0.4) is 0 Å². The number of aromatic amines is 3. The van der Waals surface area contributed by atoms with Crippen LogP contribution >= 0.6 is 81.5 Å². The first kappa shape index (κ1) is 34.7. The van der Waals surface area contributed by atoms with Gasteiger partial charge in [0, 0.05) is 12.1 Å². The Hall–Kier alpha value is -4.16. The summed E-state index contributed by atoms with van der Waals surface area (Å²) in [5.74, 6) is -0.172. The van der Waals surface area contributed by atoms with Gasteiger partial charge in [-0.1, -0.05) is 81.9 Å². The second-order valence-electron chi connectivity index (χ2n) is 9.69. The number of para-hydroxylation sites is 2. The molecule has 0 unspecified atom stereocenters. The summed E-state index contributed by atoms with van der Waals surface area (Å²) in [5, 5.41) is 8.12. The van der Waals surface area contributed by atoms with E-state index in [1.165, 1.54) is 34.4 Å². The molecule has 0 saturated heterocycles. The SMILES string of the molecule is O=C(CCl)Nc1nc2ccccc2s1.O=C(CSc1nc2cc(Cl)ncc2[nH]1)Nc1nc2ccccc2s1.S=c1[nH]c2cnc(Cl)cc2[nH]1. The summed E-state index contributed by atoms with van der Waals surface area (Å²) >= 11 is 25.9. The Kier molecular flexibility index (Phi) is 11.4. The van der Waals surface area contributed by atoms with Crippen LogP contribution in [0.15, 0.2) is 78.2 Å². The lowest BCUT2D eigenvalue weighted by Crippen LogP contribution is -2.13. The molecule has 2 aromatic carbocycles. The number of rotatable bonds is 6. The quantitative estimate of drug-likeness (QED) is 0.0479. The predicted molar refractivity (Wildman–Crippen MR) is 203 cm³/mol. The fourth-order valence-electron chi connectivity index (χ4n) is 4.13. The third-order valence-electron chi connectivity index (χ3n) is 6.22. The summed E-state index contributed by atoms with van der Waals surface area (Å²) in [4.78, 5) is 52.9. The number of carbonyl (C=O) groups excluding carboxylic acids is 2. The Labute approximate surface area is 309 Å². The Morgan fingerprint density at radius 2 is 1.31 bits per heavy atom. The average Bonchev–Trinajstić information content (AvgIpc) is 3.87. The van der Waals surface area contributed by atoms with Crippen molar-refractivity contribution >= 4 is 146 Å². The molecule has 8 rings (SSSR count). The van der Waals surface area contributed by atoms with Crippen molar-refractivity contribution in [2.24, 2.45) is 0 Å². The molecular weight excluding hydrogens is 767 g/mol. The Balaban J connectivity index is 0.000000141. The van der Waals surface area contributed by atoms with Gasteiger partial charge in [0.1, 0.15) is 16.2 Å². The van der Waals surface area contributed by atoms with Crippen molar-refractivity contribution in [1.82, 2.24) is 39.9 Å². The summed E-state index contributed by atoms with van der Waals surface area (Å²) in [7, 11) is 0. The molecule has 8 aromatic rings. The van der Waals surface area contributed by atoms with Crippen LogP contribution in [0.25, 0.3) is 42.5 Å². The molecule has 19 heteroatoms. The van der Waals surface area contributed by atoms with Crippen LogP contribution in [0, 0.1) is 4.77 Å². The fraction of sp³-hybridized carbons (Fsp3) is 0.0667. The second kappa shape index (κ2) is 16.0. The Morgan fingerprint density at radius 1 is 0.735 bits per heavy atom. The maximum absolute atomic E-state index is 12.1. The number of H-pyrrole nitrogens is 3. The number of thioether (sulfide) groups is 1. The number of fused-ring (bicyclic) bond motifs is 4. The number of hydrogen-bond donors (Lipinski definition) is 5. The number of thiazole rings is 2. The van der Waals surface area contributed by atoms with E-state index in [2.05, 4.69) is 50.5 Å². The number of amides is 2. The third kappa shape index (κ3) is 9.30. The minimum Gasteiger partial charge on any atom is -0.332 e. The van der Waals surface area contributed by atoms with E-state index < -0.39 is 0 Å². The number of halogens is 3. The van der Waals surface area contributed by atoms with Crippen LogP contribution < -0.4 is 10.6 Å². The summed E-state index contributed by atoms with van der Waals surface area (Å²) in [6.07, 6.45) is 3.26. The molecule has 2 amide bonds. The van der Waals surface area contributed by atoms with Crippen LogP contribution in [0.4, 0.5) is 10.3 Å². The molecule has 0 bridgehead atoms. The van der Waals surface area contributed by atoms with E-state index in [0.717, 1.165) is 42.5 Å². The number of benzene rings is 2. The Bertz CT molecular complexity index is 2410. The number of nitrogens with zero attached hydrogens (tertiary/aromatic N) is 5. The van der Waals surface area contributed by atoms with Crippen molar-refractivity contribution in [2.75, 3.05) is 22.3 Å². The van der Waals surface area contributed by atoms with Crippen LogP contribution in [0.2, 0.25) is 10.3 Å². The average molecular weight is 788 g/mol. The van der Waals surface area contributed by atoms with E-state index >= 15 is 0 Å². The largest absolute Gasteiger partial charge is 0.332 e. The van der Waals surface area contributed by atoms with Crippen molar-refractivity contribution in [1.29, 1.82) is 0 Å². The van der Waals surface area contributed by atoms with Crippen LogP contribution in [-0.2, 0) is 9.59 Å². The fourth-order valence-corrected chi connectivity index (χ4v) is 7.18. The van der Waals surface area contributed by atoms with Gasteiger partial charge in [-0.2, -0.15) is 0 Å². The normalized spacial score (nSPS) is 10.8. The first-order chi connectivity index (χ1) is 23.7. The standard InChI is InChI=1S/C15H10ClN5OS2.C9H7ClN2OS.C6H4ClN3S/c16-12-5-9-10(6-17-12)20-14(19-9)23-7-13(22)21-15-18-8-3-1-2-4-11(8)24-15;10-5-8(13)12-9-11-6-3-1-2-4-7(6)14-9;7-5-1-3-4(2-8-5)10-6(11)9-3/h1-6H,7H2,(H,19,20)(H,18,21,22);1-4H,5H2,(H,11,12,13);1-2H,(H2,9,10,11). The van der Waals surface area contributed by atoms with Gasteiger partial charge in [-0.3, -0.25) is 9.59 Å². The second-order valence-corrected chi connectivity index (χ2v) is 14.2. The molecule has 248 valence electrons. The van der Waals surface area contributed by atoms with Crippen molar-refractivity contribution < 1.29 is 9.59 Å². The highest BCUT2D eigenvalue weighted by Gasteiger charge is 2.11. The van der Waals surface area contributed by atoms with Gasteiger partial charge in [-0.05, 0) is 36.5 Å². The minimum absolute atomic E-state index is 0.0457. The summed E-state index contributed by atoms with van der Waals surface area (Å²) in [6, 6.07) is 18.9. The van der Waals surface area contributed by atoms with Gasteiger partial charge in [0.05, 0.1) is 60.6 Å². The van der Waals surface area contributed by atoms with Gasteiger partial charge >= 0.3 is 0 Å². The molecule has 0 spiro atoms. The highest BCUT2D eigenvalue weighted by atomic mass is 35.5. The van der Waals surface area contributed by atoms with Crippen LogP contribution in [0.1, 0.15) is 0 Å². The zero-order valence-corrected chi connectivity index (χ0v) is 30.2. The molecule has 0 saturated carbocycles. The zero-order valence-electron chi connectivity index (χ0n) is 24.7. The smallest absolute Gasteiger partial charge is 0.241 e. The summed E-state index contributed by atoms with van der Waals surface area (Å²) in [5.41, 5.74) is 5.04. The maximum atomic E-state index is 12.1. The molecule has 5 N–H and O–H groups in total. The van der Waals surface area contributed by atoms with Gasteiger partial charge in [-0.25, -0.2) is 24.9 Å². The number of nitrogens with one attached hydrogen (secondary N) is 5. The molecule has 0 aliphatic carbocycles. The highest BCUT2D eigenvalue weighted by molar-refractivity contribution is 7.99. The number of hydrogen-bond acceptors (Lipinski definition) is 11. The molecule has 0 radical (unpaired) electrons. The lowest BCUT2D eigenvalue weighted by Gasteiger charge is -1.99. The molecule has 0 aliphatic rings. The van der Waals surface area contributed by atoms with Crippen molar-refractivity contribution in [3.63, 3.8) is 0 Å². The number of imidazole rings is 2. The number of anilines is 2. The van der Waals surface area contributed by atoms with Crippen molar-refractivity contribution in [3.05, 3.63) is 88.1 Å². The van der Waals surface area contributed by atoms with Gasteiger partial charge in [0.25, 0.3) is 0 Å². The Morgan fingerprint density at radius 3 is 1.94 bits per heavy atom. The molecule has 6 heterocycles. The number of aromatic nitrogens is 8. The van der Waals surface area contributed by atoms with Crippen molar-refractivity contribution in [2.45, 2.75) is 5.16 Å². The van der Waals surface area contributed by atoms with E-state index in [9.17, 15) is 9.59 Å². The van der Waals surface area contributed by atoms with Gasteiger partial charge in [0.2, 0.25) is 11.8 Å². The van der Waals surface area contributed by atoms with Gasteiger partial charge in [-0.15, -0.1) is 11.6 Å². The van der Waals surface area contributed by atoms with Crippen LogP contribution in [-0.4, -0.2) is 63.3 Å². The number of pyridine rings is 2. The summed E-state index contributed by atoms with van der Waals surface area (Å²) < 4.78 is 2.68. The first-order valence-corrected chi connectivity index (χ1v) is 18.3. The predicted octanol–water partition coefficient (Wildman–Crippen LogP) is 8.70. The highest BCUT2D eigenvalue weighted by Crippen LogP contribution is 2.27. The molecule has 49 heavy (non-hydrogen) atoms. The lowest BCUT2D eigenvalue weighted by atomic mass is 10.3. The lowest BCUT2D eigenvalue weighted by molar-refractivity contribution is -0.114. The molecule has 12 nitrogen and oxygen atoms in total. The van der Waals surface area contributed by atoms with Gasteiger partial charge in [0.15, 0.2) is 20.2 Å². The summed E-state index contributed by atoms with van der Waals surface area (Å²) in [6.45, 7) is 0. The van der Waals surface area contributed by atoms with Gasteiger partial charge < -0.3 is 25.6 Å². The molecular formula is C30H21Cl3N10O2S4. The van der Waals surface area contributed by atoms with Crippen molar-refractivity contribution in [3.8, 4) is 0 Å². The number of carbonyl (C=O) groups is 2. The molecule has 0 aliphatic heterocycles. The van der Waals surface area contributed by atoms with E-state index in [-0.39, 0.29) is 23.4 Å².